The van der Waals surface area contributed by atoms with Gasteiger partial charge in [0, 0.05) is 25.3 Å². The van der Waals surface area contributed by atoms with Crippen molar-refractivity contribution in [3.63, 3.8) is 0 Å². The largest absolute Gasteiger partial charge is 0.469 e. The highest BCUT2D eigenvalue weighted by molar-refractivity contribution is 5.79. The van der Waals surface area contributed by atoms with Gasteiger partial charge in [-0.05, 0) is 32.9 Å². The Kier molecular flexibility index (Phi) is 5.46. The molecule has 16 heavy (non-hydrogen) atoms. The van der Waals surface area contributed by atoms with Crippen molar-refractivity contribution >= 4 is 11.8 Å². The number of ketones is 1. The van der Waals surface area contributed by atoms with Gasteiger partial charge in [0.2, 0.25) is 0 Å². The van der Waals surface area contributed by atoms with E-state index in [0.29, 0.717) is 31.1 Å². The molecule has 0 aromatic carbocycles. The minimum absolute atomic E-state index is 0.146. The van der Waals surface area contributed by atoms with E-state index in [1.165, 1.54) is 7.11 Å². The fraction of sp³-hybridized carbons (Fsp3) is 0.833. The number of ether oxygens (including phenoxy) is 1. The molecule has 1 fully saturated rings. The van der Waals surface area contributed by atoms with Crippen molar-refractivity contribution in [1.29, 1.82) is 0 Å². The van der Waals surface area contributed by atoms with Gasteiger partial charge in [0.15, 0.2) is 0 Å². The molecular weight excluding hydrogens is 206 g/mol. The number of hydrogen-bond donors (Lipinski definition) is 0. The lowest BCUT2D eigenvalue weighted by molar-refractivity contribution is -0.140. The van der Waals surface area contributed by atoms with Crippen LogP contribution >= 0.6 is 0 Å². The number of Topliss-reactive ketones (excluding diaryl/α,β-unsaturated/α-hetero) is 1. The van der Waals surface area contributed by atoms with E-state index in [1.54, 1.807) is 0 Å². The lowest BCUT2D eigenvalue weighted by atomic mass is 9.93. The first-order chi connectivity index (χ1) is 7.63. The van der Waals surface area contributed by atoms with E-state index in [1.807, 2.05) is 0 Å². The van der Waals surface area contributed by atoms with Gasteiger partial charge in [-0.1, -0.05) is 0 Å². The third-order valence-electron chi connectivity index (χ3n) is 3.26. The fourth-order valence-electron chi connectivity index (χ4n) is 2.12. The summed E-state index contributed by atoms with van der Waals surface area (Å²) < 4.78 is 4.59. The number of nitrogens with zero attached hydrogens (tertiary/aromatic N) is 1. The maximum absolute atomic E-state index is 11.1. The molecule has 0 spiro atoms. The van der Waals surface area contributed by atoms with Crippen molar-refractivity contribution in [3.8, 4) is 0 Å². The molecule has 0 aliphatic heterocycles. The molecule has 4 nitrogen and oxygen atoms in total. The molecule has 0 saturated heterocycles. The molecule has 0 atom stereocenters. The van der Waals surface area contributed by atoms with E-state index < -0.39 is 0 Å². The number of methoxy groups -OCH3 is 1. The van der Waals surface area contributed by atoms with Gasteiger partial charge in [-0.2, -0.15) is 0 Å². The Bertz CT molecular complexity index is 243. The van der Waals surface area contributed by atoms with Crippen LogP contribution in [0.5, 0.6) is 0 Å². The Morgan fingerprint density at radius 2 is 2.06 bits per heavy atom. The average molecular weight is 227 g/mol. The van der Waals surface area contributed by atoms with Crippen molar-refractivity contribution < 1.29 is 14.3 Å². The van der Waals surface area contributed by atoms with Gasteiger partial charge < -0.3 is 9.64 Å². The third-order valence-corrected chi connectivity index (χ3v) is 3.26. The monoisotopic (exact) mass is 227 g/mol. The second-order valence-corrected chi connectivity index (χ2v) is 4.43. The molecule has 0 radical (unpaired) electrons. The summed E-state index contributed by atoms with van der Waals surface area (Å²) in [4.78, 5) is 24.3. The number of esters is 1. The third kappa shape index (κ3) is 4.31. The molecule has 0 aromatic heterocycles. The highest BCUT2D eigenvalue weighted by atomic mass is 16.5. The summed E-state index contributed by atoms with van der Waals surface area (Å²) >= 11 is 0. The van der Waals surface area contributed by atoms with Crippen molar-refractivity contribution in [3.05, 3.63) is 0 Å². The minimum atomic E-state index is -0.146. The maximum atomic E-state index is 11.1. The summed E-state index contributed by atoms with van der Waals surface area (Å²) in [6.45, 7) is 0.897. The van der Waals surface area contributed by atoms with Gasteiger partial charge in [-0.3, -0.25) is 9.59 Å². The Labute approximate surface area is 96.9 Å². The molecule has 0 heterocycles. The lowest BCUT2D eigenvalue weighted by Crippen LogP contribution is -2.36. The first-order valence-corrected chi connectivity index (χ1v) is 5.92. The highest BCUT2D eigenvalue weighted by Gasteiger charge is 2.21. The molecule has 0 amide bonds. The summed E-state index contributed by atoms with van der Waals surface area (Å²) in [5, 5.41) is 0. The standard InChI is InChI=1S/C12H21NO3/c1-13(9-3-4-12(15)16-2)10-5-7-11(14)8-6-10/h10H,3-9H2,1-2H3. The molecular formula is C12H21NO3. The SMILES string of the molecule is COC(=O)CCCN(C)C1CCC(=O)CC1. The van der Waals surface area contributed by atoms with Crippen molar-refractivity contribution in [1.82, 2.24) is 4.90 Å². The normalized spacial score (nSPS) is 17.8. The molecule has 4 heteroatoms. The quantitative estimate of drug-likeness (QED) is 0.666. The van der Waals surface area contributed by atoms with Crippen LogP contribution in [-0.4, -0.2) is 43.4 Å². The van der Waals surface area contributed by atoms with Crippen LogP contribution in [0, 0.1) is 0 Å². The van der Waals surface area contributed by atoms with E-state index in [-0.39, 0.29) is 5.97 Å². The summed E-state index contributed by atoms with van der Waals surface area (Å²) in [6.07, 6.45) is 4.67. The molecule has 1 aliphatic rings. The summed E-state index contributed by atoms with van der Waals surface area (Å²) in [5.41, 5.74) is 0. The van der Waals surface area contributed by atoms with Crippen LogP contribution in [-0.2, 0) is 14.3 Å². The molecule has 1 saturated carbocycles. The Morgan fingerprint density at radius 3 is 2.62 bits per heavy atom. The summed E-state index contributed by atoms with van der Waals surface area (Å²) in [6, 6.07) is 0.510. The van der Waals surface area contributed by atoms with Gasteiger partial charge in [0.05, 0.1) is 7.11 Å². The first kappa shape index (κ1) is 13.2. The number of rotatable bonds is 5. The Balaban J connectivity index is 2.17. The van der Waals surface area contributed by atoms with Crippen LogP contribution in [0.25, 0.3) is 0 Å². The number of hydrogen-bond acceptors (Lipinski definition) is 4. The highest BCUT2D eigenvalue weighted by Crippen LogP contribution is 2.19. The van der Waals surface area contributed by atoms with E-state index >= 15 is 0 Å². The lowest BCUT2D eigenvalue weighted by Gasteiger charge is -2.30. The van der Waals surface area contributed by atoms with Gasteiger partial charge in [-0.25, -0.2) is 0 Å². The minimum Gasteiger partial charge on any atom is -0.469 e. The molecule has 0 N–H and O–H groups in total. The van der Waals surface area contributed by atoms with Crippen LogP contribution in [0.15, 0.2) is 0 Å². The van der Waals surface area contributed by atoms with Crippen LogP contribution in [0.2, 0.25) is 0 Å². The predicted molar refractivity (Wildman–Crippen MR) is 61.1 cm³/mol. The zero-order valence-corrected chi connectivity index (χ0v) is 10.2. The summed E-state index contributed by atoms with van der Waals surface area (Å²) in [7, 11) is 3.48. The summed E-state index contributed by atoms with van der Waals surface area (Å²) in [5.74, 6) is 0.242. The Hall–Kier alpha value is -0.900. The zero-order valence-electron chi connectivity index (χ0n) is 10.2. The number of carbonyl (C=O) groups is 2. The second kappa shape index (κ2) is 6.63. The first-order valence-electron chi connectivity index (χ1n) is 5.92. The fourth-order valence-corrected chi connectivity index (χ4v) is 2.12. The smallest absolute Gasteiger partial charge is 0.305 e. The van der Waals surface area contributed by atoms with E-state index in [4.69, 9.17) is 0 Å². The van der Waals surface area contributed by atoms with Crippen LogP contribution in [0.4, 0.5) is 0 Å². The molecule has 0 aromatic rings. The average Bonchev–Trinajstić information content (AvgIpc) is 2.29. The predicted octanol–water partition coefficient (Wildman–Crippen LogP) is 1.38. The molecule has 92 valence electrons. The topological polar surface area (TPSA) is 46.6 Å². The van der Waals surface area contributed by atoms with Gasteiger partial charge in [0.25, 0.3) is 0 Å². The van der Waals surface area contributed by atoms with Crippen molar-refractivity contribution in [2.24, 2.45) is 0 Å². The van der Waals surface area contributed by atoms with Crippen LogP contribution in [0.3, 0.4) is 0 Å². The van der Waals surface area contributed by atoms with Crippen LogP contribution in [0.1, 0.15) is 38.5 Å². The molecule has 0 bridgehead atoms. The van der Waals surface area contributed by atoms with E-state index in [2.05, 4.69) is 16.7 Å². The molecule has 1 aliphatic carbocycles. The Morgan fingerprint density at radius 1 is 1.44 bits per heavy atom. The van der Waals surface area contributed by atoms with Gasteiger partial charge in [-0.15, -0.1) is 0 Å². The van der Waals surface area contributed by atoms with Gasteiger partial charge >= 0.3 is 5.97 Å². The second-order valence-electron chi connectivity index (χ2n) is 4.43. The molecule has 0 unspecified atom stereocenters. The van der Waals surface area contributed by atoms with E-state index in [0.717, 1.165) is 25.8 Å². The molecule has 1 rings (SSSR count). The van der Waals surface area contributed by atoms with Crippen LogP contribution < -0.4 is 0 Å². The van der Waals surface area contributed by atoms with Crippen molar-refractivity contribution in [2.45, 2.75) is 44.6 Å². The van der Waals surface area contributed by atoms with Gasteiger partial charge in [0.1, 0.15) is 5.78 Å². The maximum Gasteiger partial charge on any atom is 0.305 e. The number of carbonyl (C=O) groups excluding carboxylic acids is 2. The van der Waals surface area contributed by atoms with E-state index in [9.17, 15) is 9.59 Å². The van der Waals surface area contributed by atoms with Crippen molar-refractivity contribution in [2.75, 3.05) is 20.7 Å². The zero-order chi connectivity index (χ0) is 12.0.